The third-order valence-electron chi connectivity index (χ3n) is 5.79. The number of hydrogen-bond acceptors (Lipinski definition) is 7. The summed E-state index contributed by atoms with van der Waals surface area (Å²) in [5.41, 5.74) is 4.62. The lowest BCUT2D eigenvalue weighted by molar-refractivity contribution is 0.0283. The fourth-order valence-electron chi connectivity index (χ4n) is 3.99. The Bertz CT molecular complexity index is 1570. The van der Waals surface area contributed by atoms with Gasteiger partial charge in [-0.2, -0.15) is 10.4 Å². The van der Waals surface area contributed by atoms with Gasteiger partial charge in [0, 0.05) is 54.1 Å². The number of fused-ring (bicyclic) bond motifs is 1. The molecule has 37 heavy (non-hydrogen) atoms. The molecule has 1 N–H and O–H groups in total. The van der Waals surface area contributed by atoms with Gasteiger partial charge in [-0.25, -0.2) is 9.50 Å². The summed E-state index contributed by atoms with van der Waals surface area (Å²) >= 11 is 0. The van der Waals surface area contributed by atoms with Gasteiger partial charge in [-0.3, -0.25) is 4.98 Å². The molecule has 0 aliphatic carbocycles. The van der Waals surface area contributed by atoms with E-state index in [9.17, 15) is 10.4 Å². The number of ether oxygens (including phenoxy) is 2. The van der Waals surface area contributed by atoms with Gasteiger partial charge >= 0.3 is 0 Å². The van der Waals surface area contributed by atoms with E-state index in [1.54, 1.807) is 44.1 Å². The molecule has 0 aliphatic heterocycles. The molecule has 0 bridgehead atoms. The largest absolute Gasteiger partial charge is 0.489 e. The highest BCUT2D eigenvalue weighted by atomic mass is 16.5. The van der Waals surface area contributed by atoms with Crippen LogP contribution in [0.1, 0.15) is 25.0 Å². The molecule has 0 radical (unpaired) electrons. The second-order valence-electron chi connectivity index (χ2n) is 9.37. The molecular weight excluding hydrogens is 468 g/mol. The third kappa shape index (κ3) is 5.29. The standard InChI is InChI=1S/C28H26N6O3/c1-28(2,35)18-37-23-10-24(27-22(11-29)14-32-34(27)17-23)20-5-6-25(30-13-20)21-8-9-33(16-21)15-19-4-7-26(36-3)31-12-19/h4-10,12-14,16-17,35H,15,18H2,1-3H3. The van der Waals surface area contributed by atoms with E-state index in [4.69, 9.17) is 14.5 Å². The summed E-state index contributed by atoms with van der Waals surface area (Å²) in [6.45, 7) is 4.16. The van der Waals surface area contributed by atoms with Crippen molar-refractivity contribution in [1.82, 2.24) is 24.1 Å². The predicted molar refractivity (Wildman–Crippen MR) is 138 cm³/mol. The van der Waals surface area contributed by atoms with E-state index in [0.29, 0.717) is 29.3 Å². The summed E-state index contributed by atoms with van der Waals surface area (Å²) in [6.07, 6.45) is 10.9. The SMILES string of the molecule is COc1ccc(Cn2ccc(-c3ccc(-c4cc(OCC(C)(C)O)cn5ncc(C#N)c45)cn3)c2)cn1. The second-order valence-corrected chi connectivity index (χ2v) is 9.37. The molecule has 0 atom stereocenters. The van der Waals surface area contributed by atoms with Crippen molar-refractivity contribution in [3.63, 3.8) is 0 Å². The second kappa shape index (κ2) is 9.76. The minimum atomic E-state index is -0.986. The molecule has 0 saturated heterocycles. The molecule has 5 aromatic heterocycles. The first-order valence-corrected chi connectivity index (χ1v) is 11.7. The highest BCUT2D eigenvalue weighted by Crippen LogP contribution is 2.32. The molecule has 0 amide bonds. The van der Waals surface area contributed by atoms with Gasteiger partial charge in [0.25, 0.3) is 0 Å². The summed E-state index contributed by atoms with van der Waals surface area (Å²) in [4.78, 5) is 8.96. The van der Waals surface area contributed by atoms with Crippen LogP contribution in [0.4, 0.5) is 0 Å². The Morgan fingerprint density at radius 3 is 2.57 bits per heavy atom. The van der Waals surface area contributed by atoms with Crippen LogP contribution in [-0.2, 0) is 6.54 Å². The van der Waals surface area contributed by atoms with Crippen LogP contribution < -0.4 is 9.47 Å². The molecule has 5 rings (SSSR count). The van der Waals surface area contributed by atoms with Gasteiger partial charge in [-0.15, -0.1) is 0 Å². The maximum absolute atomic E-state index is 10.1. The van der Waals surface area contributed by atoms with Crippen LogP contribution in [0, 0.1) is 11.3 Å². The van der Waals surface area contributed by atoms with E-state index >= 15 is 0 Å². The first kappa shape index (κ1) is 24.0. The molecule has 9 nitrogen and oxygen atoms in total. The Hall–Kier alpha value is -4.68. The molecular formula is C28H26N6O3. The van der Waals surface area contributed by atoms with Gasteiger partial charge in [-0.05, 0) is 37.6 Å². The molecule has 9 heteroatoms. The smallest absolute Gasteiger partial charge is 0.212 e. The normalized spacial score (nSPS) is 11.4. The number of aromatic nitrogens is 5. The molecule has 5 aromatic rings. The first-order chi connectivity index (χ1) is 17.8. The lowest BCUT2D eigenvalue weighted by atomic mass is 10.0. The van der Waals surface area contributed by atoms with Crippen molar-refractivity contribution in [3.05, 3.63) is 84.7 Å². The predicted octanol–water partition coefficient (Wildman–Crippen LogP) is 4.34. The first-order valence-electron chi connectivity index (χ1n) is 11.7. The Labute approximate surface area is 214 Å². The van der Waals surface area contributed by atoms with Crippen molar-refractivity contribution in [2.45, 2.75) is 26.0 Å². The van der Waals surface area contributed by atoms with Crippen LogP contribution in [0.15, 0.2) is 73.6 Å². The van der Waals surface area contributed by atoms with Gasteiger partial charge in [0.2, 0.25) is 5.88 Å². The molecule has 0 spiro atoms. The van der Waals surface area contributed by atoms with Gasteiger partial charge in [-0.1, -0.05) is 12.1 Å². The van der Waals surface area contributed by atoms with Crippen molar-refractivity contribution in [1.29, 1.82) is 5.26 Å². The number of pyridine rings is 3. The molecule has 186 valence electrons. The Morgan fingerprint density at radius 2 is 1.89 bits per heavy atom. The lowest BCUT2D eigenvalue weighted by Crippen LogP contribution is -2.27. The maximum Gasteiger partial charge on any atom is 0.212 e. The highest BCUT2D eigenvalue weighted by molar-refractivity contribution is 5.85. The summed E-state index contributed by atoms with van der Waals surface area (Å²) in [6, 6.07) is 13.8. The molecule has 0 fully saturated rings. The average Bonchev–Trinajstić information content (AvgIpc) is 3.54. The topological polar surface area (TPSA) is 110 Å². The molecule has 5 heterocycles. The fraction of sp³-hybridized carbons (Fsp3) is 0.214. The maximum atomic E-state index is 10.1. The van der Waals surface area contributed by atoms with Crippen molar-refractivity contribution in [2.75, 3.05) is 13.7 Å². The summed E-state index contributed by atoms with van der Waals surface area (Å²) in [7, 11) is 1.60. The lowest BCUT2D eigenvalue weighted by Gasteiger charge is -2.18. The highest BCUT2D eigenvalue weighted by Gasteiger charge is 2.17. The zero-order valence-corrected chi connectivity index (χ0v) is 20.8. The van der Waals surface area contributed by atoms with Crippen LogP contribution in [0.25, 0.3) is 27.9 Å². The number of aliphatic hydroxyl groups is 1. The van der Waals surface area contributed by atoms with E-state index in [1.807, 2.05) is 48.8 Å². The van der Waals surface area contributed by atoms with Crippen molar-refractivity contribution < 1.29 is 14.6 Å². The van der Waals surface area contributed by atoms with Crippen molar-refractivity contribution in [2.24, 2.45) is 0 Å². The number of nitriles is 1. The summed E-state index contributed by atoms with van der Waals surface area (Å²) in [5.74, 6) is 1.12. The summed E-state index contributed by atoms with van der Waals surface area (Å²) in [5, 5.41) is 24.0. The van der Waals surface area contributed by atoms with Gasteiger partial charge < -0.3 is 19.1 Å². The van der Waals surface area contributed by atoms with E-state index in [0.717, 1.165) is 27.9 Å². The van der Waals surface area contributed by atoms with Crippen LogP contribution in [0.5, 0.6) is 11.6 Å². The Kier molecular flexibility index (Phi) is 6.34. The van der Waals surface area contributed by atoms with E-state index < -0.39 is 5.60 Å². The van der Waals surface area contributed by atoms with E-state index in [2.05, 4.69) is 20.7 Å². The van der Waals surface area contributed by atoms with Gasteiger partial charge in [0.15, 0.2) is 0 Å². The quantitative estimate of drug-likeness (QED) is 0.342. The minimum Gasteiger partial charge on any atom is -0.489 e. The van der Waals surface area contributed by atoms with Crippen LogP contribution in [0.2, 0.25) is 0 Å². The number of rotatable bonds is 8. The molecule has 0 saturated carbocycles. The van der Waals surface area contributed by atoms with Crippen molar-refractivity contribution >= 4 is 5.52 Å². The number of methoxy groups -OCH3 is 1. The van der Waals surface area contributed by atoms with E-state index in [1.165, 1.54) is 6.20 Å². The van der Waals surface area contributed by atoms with E-state index in [-0.39, 0.29) is 6.61 Å². The van der Waals surface area contributed by atoms with Crippen LogP contribution >= 0.6 is 0 Å². The monoisotopic (exact) mass is 494 g/mol. The average molecular weight is 495 g/mol. The minimum absolute atomic E-state index is 0.116. The van der Waals surface area contributed by atoms with Crippen LogP contribution in [0.3, 0.4) is 0 Å². The van der Waals surface area contributed by atoms with Gasteiger partial charge in [0.1, 0.15) is 18.4 Å². The summed E-state index contributed by atoms with van der Waals surface area (Å²) < 4.78 is 14.6. The zero-order chi connectivity index (χ0) is 26.0. The molecule has 0 aromatic carbocycles. The molecule has 0 aliphatic rings. The Morgan fingerprint density at radius 1 is 1.03 bits per heavy atom. The fourth-order valence-corrected chi connectivity index (χ4v) is 3.99. The number of nitrogens with zero attached hydrogens (tertiary/aromatic N) is 6. The zero-order valence-electron chi connectivity index (χ0n) is 20.8. The van der Waals surface area contributed by atoms with Crippen LogP contribution in [-0.4, -0.2) is 48.6 Å². The molecule has 0 unspecified atom stereocenters. The Balaban J connectivity index is 1.42. The van der Waals surface area contributed by atoms with Crippen molar-refractivity contribution in [3.8, 4) is 40.1 Å². The third-order valence-corrected chi connectivity index (χ3v) is 5.79. The van der Waals surface area contributed by atoms with Gasteiger partial charge in [0.05, 0.1) is 41.9 Å². The number of hydrogen-bond donors (Lipinski definition) is 1.